The average Bonchev–Trinajstić information content (AvgIpc) is 2.68. The second-order valence-electron chi connectivity index (χ2n) is 9.68. The molecule has 0 radical (unpaired) electrons. The van der Waals surface area contributed by atoms with E-state index in [-0.39, 0.29) is 10.8 Å². The van der Waals surface area contributed by atoms with Crippen LogP contribution in [0.4, 0.5) is 0 Å². The van der Waals surface area contributed by atoms with Crippen LogP contribution in [0, 0.1) is 0 Å². The molecular weight excluding hydrogens is 387 g/mol. The Morgan fingerprint density at radius 2 is 0.933 bits per heavy atom. The van der Waals surface area contributed by atoms with Gasteiger partial charge in [0.25, 0.3) is 0 Å². The highest BCUT2D eigenvalue weighted by atomic mass is 31.2. The first-order valence-corrected chi connectivity index (χ1v) is 12.2. The van der Waals surface area contributed by atoms with Gasteiger partial charge in [-0.1, -0.05) is 96.1 Å². The minimum absolute atomic E-state index is 0.0541. The van der Waals surface area contributed by atoms with Gasteiger partial charge in [-0.2, -0.15) is 0 Å². The van der Waals surface area contributed by atoms with E-state index in [1.54, 1.807) is 0 Å². The Kier molecular flexibility index (Phi) is 6.20. The Labute approximate surface area is 182 Å². The molecule has 30 heavy (non-hydrogen) atoms. The lowest BCUT2D eigenvalue weighted by molar-refractivity contribution is 0.465. The molecule has 0 fully saturated rings. The molecule has 0 saturated heterocycles. The molecule has 3 heteroatoms. The van der Waals surface area contributed by atoms with Gasteiger partial charge in [0, 0.05) is 5.30 Å². The van der Waals surface area contributed by atoms with Crippen molar-refractivity contribution in [3.63, 3.8) is 0 Å². The Bertz CT molecular complexity index is 977. The van der Waals surface area contributed by atoms with Crippen LogP contribution in [0.25, 0.3) is 0 Å². The molecule has 3 aromatic rings. The normalized spacial score (nSPS) is 12.5. The van der Waals surface area contributed by atoms with Gasteiger partial charge in [0.15, 0.2) is 0 Å². The Hall–Kier alpha value is -2.44. The third kappa shape index (κ3) is 4.99. The van der Waals surface area contributed by atoms with Crippen molar-refractivity contribution >= 4 is 18.9 Å². The summed E-state index contributed by atoms with van der Waals surface area (Å²) in [6, 6.07) is 26.5. The summed E-state index contributed by atoms with van der Waals surface area (Å²) in [4.78, 5) is 0. The maximum Gasteiger partial charge on any atom is 0.245 e. The molecule has 2 nitrogen and oxygen atoms in total. The van der Waals surface area contributed by atoms with Crippen LogP contribution in [0.2, 0.25) is 0 Å². The van der Waals surface area contributed by atoms with Crippen LogP contribution in [0.3, 0.4) is 0 Å². The SMILES string of the molecule is C=P(Oc1ccccc1C(C)(C)C)(Oc1ccccc1C(C)(C)C)c1ccccc1. The quantitative estimate of drug-likeness (QED) is 0.402. The Morgan fingerprint density at radius 3 is 1.33 bits per heavy atom. The van der Waals surface area contributed by atoms with Crippen LogP contribution in [-0.4, -0.2) is 6.30 Å². The van der Waals surface area contributed by atoms with Crippen molar-refractivity contribution in [1.82, 2.24) is 0 Å². The molecule has 0 atom stereocenters. The van der Waals surface area contributed by atoms with Crippen LogP contribution in [0.5, 0.6) is 11.5 Å². The zero-order chi connectivity index (χ0) is 22.0. The number of rotatable bonds is 5. The molecule has 0 bridgehead atoms. The van der Waals surface area contributed by atoms with E-state index in [1.807, 2.05) is 54.6 Å². The molecule has 0 aliphatic carbocycles. The standard InChI is InChI=1S/C27H33O2P/c1-26(2,3)22-17-11-13-19-24(22)28-30(7,21-15-9-8-10-16-21)29-25-20-14-12-18-23(25)27(4,5)6/h8-20H,7H2,1-6H3. The first-order valence-electron chi connectivity index (χ1n) is 10.4. The lowest BCUT2D eigenvalue weighted by Gasteiger charge is -2.32. The molecule has 0 heterocycles. The van der Waals surface area contributed by atoms with Crippen LogP contribution >= 0.6 is 7.34 Å². The number of hydrogen-bond acceptors (Lipinski definition) is 2. The minimum atomic E-state index is -2.71. The molecule has 3 rings (SSSR count). The van der Waals surface area contributed by atoms with Crippen molar-refractivity contribution in [3.8, 4) is 11.5 Å². The second-order valence-corrected chi connectivity index (χ2v) is 11.9. The summed E-state index contributed by atoms with van der Waals surface area (Å²) in [6.45, 7) is 13.1. The van der Waals surface area contributed by atoms with Crippen molar-refractivity contribution in [2.24, 2.45) is 0 Å². The molecule has 3 aromatic carbocycles. The summed E-state index contributed by atoms with van der Waals surface area (Å²) in [5, 5.41) is 0.970. The van der Waals surface area contributed by atoms with Crippen LogP contribution in [0.15, 0.2) is 78.9 Å². The largest absolute Gasteiger partial charge is 0.440 e. The highest BCUT2D eigenvalue weighted by molar-refractivity contribution is 7.72. The third-order valence-electron chi connectivity index (χ3n) is 5.03. The van der Waals surface area contributed by atoms with Crippen molar-refractivity contribution in [3.05, 3.63) is 90.0 Å². The molecule has 0 aliphatic heterocycles. The summed E-state index contributed by atoms with van der Waals surface area (Å²) in [5.74, 6) is 1.65. The fraction of sp³-hybridized carbons (Fsp3) is 0.296. The zero-order valence-electron chi connectivity index (χ0n) is 19.0. The van der Waals surface area contributed by atoms with E-state index in [9.17, 15) is 0 Å². The molecule has 0 spiro atoms. The van der Waals surface area contributed by atoms with Crippen LogP contribution in [-0.2, 0) is 10.8 Å². The molecule has 158 valence electrons. The Morgan fingerprint density at radius 1 is 0.567 bits per heavy atom. The van der Waals surface area contributed by atoms with Gasteiger partial charge < -0.3 is 9.05 Å². The lowest BCUT2D eigenvalue weighted by atomic mass is 9.86. The van der Waals surface area contributed by atoms with E-state index in [0.717, 1.165) is 27.9 Å². The predicted octanol–water partition coefficient (Wildman–Crippen LogP) is 7.34. The molecule has 0 unspecified atom stereocenters. The number of hydrogen-bond donors (Lipinski definition) is 0. The number of para-hydroxylation sites is 2. The van der Waals surface area contributed by atoms with Crippen molar-refractivity contribution < 1.29 is 9.05 Å². The van der Waals surface area contributed by atoms with E-state index in [0.29, 0.717) is 0 Å². The number of benzene rings is 3. The van der Waals surface area contributed by atoms with E-state index in [1.165, 1.54) is 0 Å². The maximum atomic E-state index is 6.70. The van der Waals surface area contributed by atoms with Gasteiger partial charge in [0.1, 0.15) is 11.5 Å². The monoisotopic (exact) mass is 420 g/mol. The molecular formula is C27H33O2P. The van der Waals surface area contributed by atoms with Gasteiger partial charge in [-0.25, -0.2) is 0 Å². The van der Waals surface area contributed by atoms with Crippen molar-refractivity contribution in [1.29, 1.82) is 0 Å². The van der Waals surface area contributed by atoms with E-state index in [2.05, 4.69) is 72.1 Å². The van der Waals surface area contributed by atoms with Gasteiger partial charge in [-0.3, -0.25) is 0 Å². The molecule has 0 N–H and O–H groups in total. The zero-order valence-corrected chi connectivity index (χ0v) is 19.9. The fourth-order valence-electron chi connectivity index (χ4n) is 3.43. The molecule has 0 aliphatic rings. The summed E-state index contributed by atoms with van der Waals surface area (Å²) in [7, 11) is -2.71. The molecule has 0 saturated carbocycles. The third-order valence-corrected chi connectivity index (χ3v) is 7.10. The predicted molar refractivity (Wildman–Crippen MR) is 132 cm³/mol. The van der Waals surface area contributed by atoms with Gasteiger partial charge in [0.05, 0.1) is 0 Å². The van der Waals surface area contributed by atoms with E-state index < -0.39 is 7.34 Å². The van der Waals surface area contributed by atoms with E-state index >= 15 is 0 Å². The summed E-state index contributed by atoms with van der Waals surface area (Å²) >= 11 is 0. The van der Waals surface area contributed by atoms with Crippen molar-refractivity contribution in [2.45, 2.75) is 52.4 Å². The molecule has 0 aromatic heterocycles. The fourth-order valence-corrected chi connectivity index (χ4v) is 5.26. The first kappa shape index (κ1) is 22.2. The second kappa shape index (κ2) is 8.36. The highest BCUT2D eigenvalue weighted by Gasteiger charge is 2.29. The highest BCUT2D eigenvalue weighted by Crippen LogP contribution is 2.50. The Balaban J connectivity index is 2.12. The van der Waals surface area contributed by atoms with Gasteiger partial charge >= 0.3 is 0 Å². The smallest absolute Gasteiger partial charge is 0.245 e. The summed E-state index contributed by atoms with van der Waals surface area (Å²) < 4.78 is 13.4. The topological polar surface area (TPSA) is 18.5 Å². The lowest BCUT2D eigenvalue weighted by Crippen LogP contribution is -2.20. The van der Waals surface area contributed by atoms with Crippen LogP contribution < -0.4 is 14.4 Å². The minimum Gasteiger partial charge on any atom is -0.440 e. The van der Waals surface area contributed by atoms with E-state index in [4.69, 9.17) is 9.05 Å². The summed E-state index contributed by atoms with van der Waals surface area (Å²) in [6.07, 6.45) is 4.54. The maximum absolute atomic E-state index is 6.70. The van der Waals surface area contributed by atoms with Crippen molar-refractivity contribution in [2.75, 3.05) is 0 Å². The van der Waals surface area contributed by atoms with Crippen LogP contribution in [0.1, 0.15) is 52.7 Å². The van der Waals surface area contributed by atoms with Gasteiger partial charge in [-0.05, 0) is 52.5 Å². The first-order chi connectivity index (χ1) is 14.0. The summed E-state index contributed by atoms with van der Waals surface area (Å²) in [5.41, 5.74) is 2.17. The van der Waals surface area contributed by atoms with Gasteiger partial charge in [-0.15, -0.1) is 0 Å². The molecule has 0 amide bonds. The van der Waals surface area contributed by atoms with Gasteiger partial charge in [0.2, 0.25) is 7.34 Å². The average molecular weight is 421 g/mol.